The number of fused-ring (bicyclic) bond motifs is 1. The molecule has 2 aromatic heterocycles. The van der Waals surface area contributed by atoms with Gasteiger partial charge in [-0.05, 0) is 56.0 Å². The molecule has 0 saturated carbocycles. The van der Waals surface area contributed by atoms with E-state index in [0.717, 1.165) is 22.3 Å². The molecule has 9 nitrogen and oxygen atoms in total. The summed E-state index contributed by atoms with van der Waals surface area (Å²) in [5, 5.41) is 7.11. The van der Waals surface area contributed by atoms with Crippen LogP contribution < -0.4 is 15.4 Å². The third-order valence-electron chi connectivity index (χ3n) is 5.85. The quantitative estimate of drug-likeness (QED) is 0.314. The topological polar surface area (TPSA) is 107 Å². The highest BCUT2D eigenvalue weighted by atomic mass is 16.5. The molecule has 0 aliphatic rings. The molecule has 1 atom stereocenters. The second-order valence-electron chi connectivity index (χ2n) is 8.69. The predicted molar refractivity (Wildman–Crippen MR) is 142 cm³/mol. The molecule has 0 fully saturated rings. The van der Waals surface area contributed by atoms with Crippen molar-refractivity contribution in [1.29, 1.82) is 0 Å². The van der Waals surface area contributed by atoms with Crippen LogP contribution in [0.15, 0.2) is 60.8 Å². The Morgan fingerprint density at radius 2 is 1.92 bits per heavy atom. The minimum atomic E-state index is -0.485. The standard InChI is InChI=1S/C28H31N5O4/c1-5-36-28(35)16-29-27(34)17-37-23-8-6-7-21(13-23)18(2)30-26-15-24(31-19(3)32-26)22-10-9-20-11-12-33(4)25(20)14-22/h6-15,18H,5,16-17H2,1-4H3,(H,29,34)(H,30,31,32). The number of rotatable bonds is 10. The van der Waals surface area contributed by atoms with Crippen LogP contribution in [0.1, 0.15) is 31.3 Å². The van der Waals surface area contributed by atoms with E-state index in [2.05, 4.69) is 49.4 Å². The SMILES string of the molecule is CCOC(=O)CNC(=O)COc1cccc(C(C)Nc2cc(-c3ccc4ccn(C)c4c3)nc(C)n2)c1. The van der Waals surface area contributed by atoms with Crippen LogP contribution in [0.4, 0.5) is 5.82 Å². The molecule has 1 amide bonds. The van der Waals surface area contributed by atoms with E-state index in [1.807, 2.05) is 51.4 Å². The fourth-order valence-corrected chi connectivity index (χ4v) is 3.97. The predicted octanol–water partition coefficient (Wildman–Crippen LogP) is 4.17. The van der Waals surface area contributed by atoms with Crippen molar-refractivity contribution in [2.24, 2.45) is 7.05 Å². The molecule has 0 radical (unpaired) electrons. The van der Waals surface area contributed by atoms with Crippen molar-refractivity contribution in [2.45, 2.75) is 26.8 Å². The number of nitrogens with one attached hydrogen (secondary N) is 2. The zero-order valence-electron chi connectivity index (χ0n) is 21.4. The first kappa shape index (κ1) is 25.7. The summed E-state index contributed by atoms with van der Waals surface area (Å²) in [5.41, 5.74) is 3.97. The number of benzene rings is 2. The summed E-state index contributed by atoms with van der Waals surface area (Å²) in [6.45, 7) is 5.49. The molecule has 0 aliphatic carbocycles. The molecule has 192 valence electrons. The Hall–Kier alpha value is -4.40. The van der Waals surface area contributed by atoms with E-state index in [9.17, 15) is 9.59 Å². The fourth-order valence-electron chi connectivity index (χ4n) is 3.97. The van der Waals surface area contributed by atoms with Crippen molar-refractivity contribution in [3.63, 3.8) is 0 Å². The van der Waals surface area contributed by atoms with E-state index in [1.165, 1.54) is 5.39 Å². The average Bonchev–Trinajstić information content (AvgIpc) is 3.26. The van der Waals surface area contributed by atoms with Crippen LogP contribution in [-0.2, 0) is 21.4 Å². The lowest BCUT2D eigenvalue weighted by atomic mass is 10.1. The van der Waals surface area contributed by atoms with Crippen LogP contribution in [0.5, 0.6) is 5.75 Å². The van der Waals surface area contributed by atoms with Crippen molar-refractivity contribution in [3.8, 4) is 17.0 Å². The molecular formula is C28H31N5O4. The number of anilines is 1. The summed E-state index contributed by atoms with van der Waals surface area (Å²) in [5.74, 6) is 1.05. The zero-order chi connectivity index (χ0) is 26.4. The van der Waals surface area contributed by atoms with Gasteiger partial charge < -0.3 is 24.7 Å². The smallest absolute Gasteiger partial charge is 0.325 e. The first-order valence-corrected chi connectivity index (χ1v) is 12.1. The lowest BCUT2D eigenvalue weighted by Crippen LogP contribution is -2.34. The number of aryl methyl sites for hydroxylation is 2. The third kappa shape index (κ3) is 6.63. The van der Waals surface area contributed by atoms with Crippen LogP contribution in [0, 0.1) is 6.92 Å². The van der Waals surface area contributed by atoms with Crippen molar-refractivity contribution < 1.29 is 19.1 Å². The monoisotopic (exact) mass is 501 g/mol. The number of nitrogens with zero attached hydrogens (tertiary/aromatic N) is 3. The van der Waals surface area contributed by atoms with Gasteiger partial charge in [-0.2, -0.15) is 0 Å². The molecule has 1 unspecified atom stereocenters. The number of hydrogen-bond donors (Lipinski definition) is 2. The lowest BCUT2D eigenvalue weighted by molar-refractivity contribution is -0.143. The Morgan fingerprint density at radius 1 is 1.08 bits per heavy atom. The highest BCUT2D eigenvalue weighted by molar-refractivity contribution is 5.85. The molecule has 4 aromatic rings. The average molecular weight is 502 g/mol. The Balaban J connectivity index is 1.41. The highest BCUT2D eigenvalue weighted by Crippen LogP contribution is 2.27. The largest absolute Gasteiger partial charge is 0.484 e. The Kier molecular flexibility index (Phi) is 8.02. The Bertz CT molecular complexity index is 1410. The van der Waals surface area contributed by atoms with Crippen molar-refractivity contribution >= 4 is 28.6 Å². The molecular weight excluding hydrogens is 470 g/mol. The number of hydrogen-bond acceptors (Lipinski definition) is 7. The van der Waals surface area contributed by atoms with Gasteiger partial charge >= 0.3 is 5.97 Å². The molecule has 2 N–H and O–H groups in total. The highest BCUT2D eigenvalue weighted by Gasteiger charge is 2.12. The van der Waals surface area contributed by atoms with E-state index in [4.69, 9.17) is 9.47 Å². The second-order valence-corrected chi connectivity index (χ2v) is 8.69. The summed E-state index contributed by atoms with van der Waals surface area (Å²) in [6.07, 6.45) is 2.04. The number of carbonyl (C=O) groups excluding carboxylic acids is 2. The molecule has 0 saturated heterocycles. The first-order valence-electron chi connectivity index (χ1n) is 12.1. The maximum atomic E-state index is 12.0. The van der Waals surface area contributed by atoms with Crippen LogP contribution in [0.3, 0.4) is 0 Å². The summed E-state index contributed by atoms with van der Waals surface area (Å²) in [6, 6.07) is 17.7. The summed E-state index contributed by atoms with van der Waals surface area (Å²) >= 11 is 0. The summed E-state index contributed by atoms with van der Waals surface area (Å²) in [7, 11) is 2.03. The summed E-state index contributed by atoms with van der Waals surface area (Å²) < 4.78 is 12.5. The van der Waals surface area contributed by atoms with Crippen molar-refractivity contribution in [1.82, 2.24) is 19.9 Å². The normalized spacial score (nSPS) is 11.7. The van der Waals surface area contributed by atoms with Gasteiger partial charge in [0.1, 0.15) is 23.9 Å². The van der Waals surface area contributed by atoms with E-state index >= 15 is 0 Å². The van der Waals surface area contributed by atoms with Gasteiger partial charge in [0.05, 0.1) is 18.3 Å². The van der Waals surface area contributed by atoms with Gasteiger partial charge in [0.25, 0.3) is 5.91 Å². The van der Waals surface area contributed by atoms with E-state index in [-0.39, 0.29) is 25.8 Å². The number of esters is 1. The van der Waals surface area contributed by atoms with Gasteiger partial charge in [-0.15, -0.1) is 0 Å². The Morgan fingerprint density at radius 3 is 2.73 bits per heavy atom. The molecule has 2 aromatic carbocycles. The summed E-state index contributed by atoms with van der Waals surface area (Å²) in [4.78, 5) is 32.6. The number of carbonyl (C=O) groups is 2. The number of aromatic nitrogens is 3. The zero-order valence-corrected chi connectivity index (χ0v) is 21.4. The van der Waals surface area contributed by atoms with Crippen LogP contribution in [0.2, 0.25) is 0 Å². The van der Waals surface area contributed by atoms with Crippen LogP contribution in [-0.4, -0.2) is 46.2 Å². The fraction of sp³-hybridized carbons (Fsp3) is 0.286. The van der Waals surface area contributed by atoms with Crippen LogP contribution >= 0.6 is 0 Å². The molecule has 37 heavy (non-hydrogen) atoms. The second kappa shape index (κ2) is 11.6. The van der Waals surface area contributed by atoms with Gasteiger partial charge in [-0.25, -0.2) is 9.97 Å². The van der Waals surface area contributed by atoms with Crippen molar-refractivity contribution in [2.75, 3.05) is 25.1 Å². The van der Waals surface area contributed by atoms with Gasteiger partial charge in [-0.3, -0.25) is 9.59 Å². The van der Waals surface area contributed by atoms with Gasteiger partial charge in [0, 0.05) is 30.4 Å². The van der Waals surface area contributed by atoms with Gasteiger partial charge in [-0.1, -0.05) is 24.3 Å². The maximum Gasteiger partial charge on any atom is 0.325 e. The molecule has 0 spiro atoms. The van der Waals surface area contributed by atoms with Crippen LogP contribution in [0.25, 0.3) is 22.2 Å². The first-order chi connectivity index (χ1) is 17.8. The maximum absolute atomic E-state index is 12.0. The molecule has 4 rings (SSSR count). The van der Waals surface area contributed by atoms with E-state index in [0.29, 0.717) is 17.4 Å². The lowest BCUT2D eigenvalue weighted by Gasteiger charge is -2.17. The molecule has 2 heterocycles. The minimum absolute atomic E-state index is 0.0845. The number of amides is 1. The van der Waals surface area contributed by atoms with E-state index in [1.54, 1.807) is 13.0 Å². The van der Waals surface area contributed by atoms with Gasteiger partial charge in [0.2, 0.25) is 0 Å². The number of ether oxygens (including phenoxy) is 2. The van der Waals surface area contributed by atoms with Gasteiger partial charge in [0.15, 0.2) is 6.61 Å². The molecule has 9 heteroatoms. The molecule has 0 aliphatic heterocycles. The van der Waals surface area contributed by atoms with E-state index < -0.39 is 11.9 Å². The Labute approximate surface area is 215 Å². The molecule has 0 bridgehead atoms. The third-order valence-corrected chi connectivity index (χ3v) is 5.85. The minimum Gasteiger partial charge on any atom is -0.484 e. The van der Waals surface area contributed by atoms with Crippen molar-refractivity contribution in [3.05, 3.63) is 72.2 Å².